The summed E-state index contributed by atoms with van der Waals surface area (Å²) in [5.41, 5.74) is 8.16. The van der Waals surface area contributed by atoms with Gasteiger partial charge in [0.15, 0.2) is 6.61 Å². The molecule has 1 fully saturated rings. The molecule has 1 saturated heterocycles. The number of nitrogens with zero attached hydrogens (tertiary/aromatic N) is 5. The molecule has 0 saturated carbocycles. The predicted octanol–water partition coefficient (Wildman–Crippen LogP) is 1.59. The minimum Gasteiger partial charge on any atom is -0.456 e. The second-order valence-electron chi connectivity index (χ2n) is 7.25. The van der Waals surface area contributed by atoms with Gasteiger partial charge in [0.05, 0.1) is 0 Å². The number of anilines is 1. The molecule has 2 aromatic rings. The zero-order valence-corrected chi connectivity index (χ0v) is 16.8. The van der Waals surface area contributed by atoms with E-state index in [1.54, 1.807) is 4.52 Å². The van der Waals surface area contributed by atoms with Crippen LogP contribution >= 0.6 is 0 Å². The molecule has 1 atom stereocenters. The van der Waals surface area contributed by atoms with E-state index >= 15 is 0 Å². The molecular weight excluding hydrogens is 360 g/mol. The largest absolute Gasteiger partial charge is 0.456 e. The Bertz CT molecular complexity index is 878. The number of carbonyl (C=O) groups is 2. The molecule has 1 aliphatic heterocycles. The van der Waals surface area contributed by atoms with Crippen LogP contribution in [0.2, 0.25) is 0 Å². The zero-order chi connectivity index (χ0) is 20.3. The Morgan fingerprint density at radius 1 is 1.25 bits per heavy atom. The standard InChI is InChI=1S/C19H28N6O3/c1-4-14-7-5-6-10-24(14)16(26)11-28-17(27)9-8-15-12(2)21-19-22-18(20)23-25(19)13(15)3/h14H,4-11H2,1-3H3,(H2,20,23)/t14-/m0/s1. The molecule has 3 rings (SSSR count). The first kappa shape index (κ1) is 20.0. The highest BCUT2D eigenvalue weighted by atomic mass is 16.5. The van der Waals surface area contributed by atoms with E-state index in [-0.39, 0.29) is 30.9 Å². The Labute approximate surface area is 164 Å². The Morgan fingerprint density at radius 2 is 2.04 bits per heavy atom. The summed E-state index contributed by atoms with van der Waals surface area (Å²) in [7, 11) is 0. The first-order chi connectivity index (χ1) is 13.4. The quantitative estimate of drug-likeness (QED) is 0.747. The Morgan fingerprint density at radius 3 is 2.79 bits per heavy atom. The molecule has 152 valence electrons. The molecule has 0 bridgehead atoms. The number of rotatable bonds is 6. The summed E-state index contributed by atoms with van der Waals surface area (Å²) in [6.45, 7) is 6.40. The van der Waals surface area contributed by atoms with Crippen LogP contribution in [0.1, 0.15) is 56.0 Å². The van der Waals surface area contributed by atoms with E-state index in [4.69, 9.17) is 10.5 Å². The van der Waals surface area contributed by atoms with Crippen molar-refractivity contribution in [2.24, 2.45) is 0 Å². The van der Waals surface area contributed by atoms with Crippen molar-refractivity contribution in [1.82, 2.24) is 24.5 Å². The lowest BCUT2D eigenvalue weighted by atomic mass is 10.00. The third-order valence-electron chi connectivity index (χ3n) is 5.42. The third kappa shape index (κ3) is 4.23. The highest BCUT2D eigenvalue weighted by Crippen LogP contribution is 2.20. The van der Waals surface area contributed by atoms with Crippen LogP contribution in [0.25, 0.3) is 5.78 Å². The van der Waals surface area contributed by atoms with E-state index in [9.17, 15) is 9.59 Å². The van der Waals surface area contributed by atoms with Gasteiger partial charge in [-0.2, -0.15) is 9.50 Å². The van der Waals surface area contributed by atoms with Crippen molar-refractivity contribution in [3.8, 4) is 0 Å². The van der Waals surface area contributed by atoms with Crippen molar-refractivity contribution in [3.63, 3.8) is 0 Å². The van der Waals surface area contributed by atoms with Crippen molar-refractivity contribution >= 4 is 23.6 Å². The molecule has 0 unspecified atom stereocenters. The van der Waals surface area contributed by atoms with Crippen molar-refractivity contribution < 1.29 is 14.3 Å². The minimum absolute atomic E-state index is 0.103. The van der Waals surface area contributed by atoms with E-state index < -0.39 is 5.97 Å². The highest BCUT2D eigenvalue weighted by molar-refractivity contribution is 5.81. The van der Waals surface area contributed by atoms with Crippen LogP contribution < -0.4 is 5.73 Å². The number of nitrogens with two attached hydrogens (primary N) is 1. The number of ether oxygens (including phenoxy) is 1. The number of fused-ring (bicyclic) bond motifs is 1. The molecule has 2 aromatic heterocycles. The van der Waals surface area contributed by atoms with Crippen LogP contribution in [0.4, 0.5) is 5.95 Å². The lowest BCUT2D eigenvalue weighted by Gasteiger charge is -2.35. The monoisotopic (exact) mass is 388 g/mol. The number of aryl methyl sites for hydroxylation is 2. The van der Waals surface area contributed by atoms with Gasteiger partial charge in [-0.05, 0) is 51.5 Å². The molecular formula is C19H28N6O3. The molecule has 28 heavy (non-hydrogen) atoms. The first-order valence-corrected chi connectivity index (χ1v) is 9.84. The van der Waals surface area contributed by atoms with Crippen LogP contribution in [0.15, 0.2) is 0 Å². The molecule has 3 heterocycles. The molecule has 0 aliphatic carbocycles. The summed E-state index contributed by atoms with van der Waals surface area (Å²) in [4.78, 5) is 34.9. The van der Waals surface area contributed by atoms with Crippen LogP contribution in [0.3, 0.4) is 0 Å². The Balaban J connectivity index is 1.56. The molecule has 2 N–H and O–H groups in total. The second-order valence-corrected chi connectivity index (χ2v) is 7.25. The fraction of sp³-hybridized carbons (Fsp3) is 0.632. The van der Waals surface area contributed by atoms with E-state index in [1.807, 2.05) is 18.7 Å². The summed E-state index contributed by atoms with van der Waals surface area (Å²) in [6, 6.07) is 0.262. The maximum absolute atomic E-state index is 12.4. The van der Waals surface area contributed by atoms with Crippen molar-refractivity contribution in [3.05, 3.63) is 17.0 Å². The zero-order valence-electron chi connectivity index (χ0n) is 16.8. The smallest absolute Gasteiger partial charge is 0.306 e. The molecule has 9 nitrogen and oxygen atoms in total. The highest BCUT2D eigenvalue weighted by Gasteiger charge is 2.26. The number of hydrogen-bond donors (Lipinski definition) is 1. The average molecular weight is 388 g/mol. The van der Waals surface area contributed by atoms with Gasteiger partial charge < -0.3 is 15.4 Å². The number of esters is 1. The van der Waals surface area contributed by atoms with E-state index in [1.165, 1.54) is 0 Å². The third-order valence-corrected chi connectivity index (χ3v) is 5.42. The van der Waals surface area contributed by atoms with Gasteiger partial charge in [0.1, 0.15) is 0 Å². The van der Waals surface area contributed by atoms with Crippen molar-refractivity contribution in [2.75, 3.05) is 18.9 Å². The summed E-state index contributed by atoms with van der Waals surface area (Å²) in [5.74, 6) is 0.105. The summed E-state index contributed by atoms with van der Waals surface area (Å²) in [6.07, 6.45) is 4.74. The number of carbonyl (C=O) groups excluding carboxylic acids is 2. The fourth-order valence-electron chi connectivity index (χ4n) is 3.86. The second kappa shape index (κ2) is 8.53. The lowest BCUT2D eigenvalue weighted by Crippen LogP contribution is -2.45. The van der Waals surface area contributed by atoms with E-state index in [2.05, 4.69) is 22.0 Å². The average Bonchev–Trinajstić information content (AvgIpc) is 3.06. The SMILES string of the molecule is CC[C@H]1CCCCN1C(=O)COC(=O)CCc1c(C)nc2nc(N)nn2c1C. The van der Waals surface area contributed by atoms with Crippen LogP contribution in [-0.4, -0.2) is 55.6 Å². The number of hydrogen-bond acceptors (Lipinski definition) is 7. The van der Waals surface area contributed by atoms with Crippen LogP contribution in [-0.2, 0) is 20.7 Å². The first-order valence-electron chi connectivity index (χ1n) is 9.84. The van der Waals surface area contributed by atoms with Gasteiger partial charge >= 0.3 is 5.97 Å². The van der Waals surface area contributed by atoms with Crippen LogP contribution in [0.5, 0.6) is 0 Å². The molecule has 9 heteroatoms. The number of nitrogen functional groups attached to an aromatic ring is 1. The molecule has 0 spiro atoms. The molecule has 1 amide bonds. The fourth-order valence-corrected chi connectivity index (χ4v) is 3.86. The summed E-state index contributed by atoms with van der Waals surface area (Å²) >= 11 is 0. The Kier molecular flexibility index (Phi) is 6.11. The minimum atomic E-state index is -0.393. The topological polar surface area (TPSA) is 116 Å². The normalized spacial score (nSPS) is 17.1. The molecule has 1 aliphatic rings. The van der Waals surface area contributed by atoms with Gasteiger partial charge in [0.2, 0.25) is 5.95 Å². The van der Waals surface area contributed by atoms with E-state index in [0.29, 0.717) is 12.2 Å². The van der Waals surface area contributed by atoms with Gasteiger partial charge in [-0.3, -0.25) is 9.59 Å². The van der Waals surface area contributed by atoms with Crippen molar-refractivity contribution in [1.29, 1.82) is 0 Å². The van der Waals surface area contributed by atoms with Gasteiger partial charge in [0.25, 0.3) is 11.7 Å². The van der Waals surface area contributed by atoms with Gasteiger partial charge in [-0.1, -0.05) is 6.92 Å². The van der Waals surface area contributed by atoms with Crippen LogP contribution in [0, 0.1) is 13.8 Å². The number of likely N-dealkylation sites (tertiary alicyclic amines) is 1. The summed E-state index contributed by atoms with van der Waals surface area (Å²) < 4.78 is 6.81. The Hall–Kier alpha value is -2.71. The number of piperidine rings is 1. The predicted molar refractivity (Wildman–Crippen MR) is 104 cm³/mol. The van der Waals surface area contributed by atoms with Gasteiger partial charge in [-0.15, -0.1) is 5.10 Å². The lowest BCUT2D eigenvalue weighted by molar-refractivity contribution is -0.153. The number of amides is 1. The van der Waals surface area contributed by atoms with E-state index in [0.717, 1.165) is 49.2 Å². The van der Waals surface area contributed by atoms with Gasteiger partial charge in [-0.25, -0.2) is 4.98 Å². The van der Waals surface area contributed by atoms with Crippen molar-refractivity contribution in [2.45, 2.75) is 65.3 Å². The molecule has 0 aromatic carbocycles. The maximum atomic E-state index is 12.4. The molecule has 0 radical (unpaired) electrons. The summed E-state index contributed by atoms with van der Waals surface area (Å²) in [5, 5.41) is 4.12. The number of aromatic nitrogens is 4. The maximum Gasteiger partial charge on any atom is 0.306 e. The van der Waals surface area contributed by atoms with Gasteiger partial charge in [0, 0.05) is 30.4 Å².